The van der Waals surface area contributed by atoms with Crippen LogP contribution in [0.25, 0.3) is 0 Å². The van der Waals surface area contributed by atoms with E-state index >= 15 is 0 Å². The Balaban J connectivity index is 5.42. The average molecular weight is 416 g/mol. The molecule has 0 radical (unpaired) electrons. The molecule has 0 spiro atoms. The fraction of sp³-hybridized carbons (Fsp3) is 0.722. The third-order valence-corrected chi connectivity index (χ3v) is 4.45. The maximum absolute atomic E-state index is 12.6. The number of carboxylic acids is 2. The molecule has 5 atom stereocenters. The number of carbonyl (C=O) groups excluding carboxylic acids is 3. The fourth-order valence-corrected chi connectivity index (χ4v) is 2.40. The Hall–Kier alpha value is -2.69. The molecule has 0 aromatic rings. The van der Waals surface area contributed by atoms with Crippen molar-refractivity contribution in [3.8, 4) is 0 Å². The van der Waals surface area contributed by atoms with Gasteiger partial charge in [0.15, 0.2) is 0 Å². The Morgan fingerprint density at radius 1 is 0.828 bits per heavy atom. The zero-order valence-electron chi connectivity index (χ0n) is 17.4. The Labute approximate surface area is 169 Å². The summed E-state index contributed by atoms with van der Waals surface area (Å²) >= 11 is 0. The zero-order chi connectivity index (χ0) is 22.9. The molecule has 7 N–H and O–H groups in total. The molecule has 0 fully saturated rings. The van der Waals surface area contributed by atoms with Gasteiger partial charge in [-0.1, -0.05) is 34.1 Å². The molecule has 3 amide bonds. The summed E-state index contributed by atoms with van der Waals surface area (Å²) in [5.74, 6) is -5.62. The number of hydrogen-bond acceptors (Lipinski definition) is 6. The largest absolute Gasteiger partial charge is 0.481 e. The lowest BCUT2D eigenvalue weighted by Gasteiger charge is -2.27. The molecule has 0 aromatic heterocycles. The highest BCUT2D eigenvalue weighted by molar-refractivity contribution is 5.95. The number of amides is 3. The molecule has 29 heavy (non-hydrogen) atoms. The standard InChI is InChI=1S/C18H32N4O7/c1-6-9(4)14(18(28)29)22-17(27)13(8(2)3)21-16(26)11(7-12(23)24)20-15(25)10(5)19/h8-11,13-14H,6-7,19H2,1-5H3,(H,20,25)(H,21,26)(H,22,27)(H,23,24)(H,28,29). The lowest BCUT2D eigenvalue weighted by Crippen LogP contribution is -2.59. The maximum Gasteiger partial charge on any atom is 0.326 e. The van der Waals surface area contributed by atoms with E-state index in [9.17, 15) is 29.1 Å². The summed E-state index contributed by atoms with van der Waals surface area (Å²) in [7, 11) is 0. The smallest absolute Gasteiger partial charge is 0.326 e. The molecule has 0 heterocycles. The van der Waals surface area contributed by atoms with Gasteiger partial charge in [0.1, 0.15) is 18.1 Å². The predicted molar refractivity (Wildman–Crippen MR) is 104 cm³/mol. The topological polar surface area (TPSA) is 188 Å². The molecule has 0 aliphatic heterocycles. The predicted octanol–water partition coefficient (Wildman–Crippen LogP) is -0.951. The van der Waals surface area contributed by atoms with E-state index in [2.05, 4.69) is 16.0 Å². The molecule has 11 nitrogen and oxygen atoms in total. The third-order valence-electron chi connectivity index (χ3n) is 4.45. The van der Waals surface area contributed by atoms with Gasteiger partial charge in [-0.15, -0.1) is 0 Å². The molecule has 5 unspecified atom stereocenters. The van der Waals surface area contributed by atoms with Crippen molar-refractivity contribution in [2.24, 2.45) is 17.6 Å². The number of nitrogens with two attached hydrogens (primary N) is 1. The second kappa shape index (κ2) is 12.0. The van der Waals surface area contributed by atoms with Gasteiger partial charge in [-0.3, -0.25) is 19.2 Å². The van der Waals surface area contributed by atoms with Gasteiger partial charge < -0.3 is 31.9 Å². The first-order chi connectivity index (χ1) is 13.3. The number of carbonyl (C=O) groups is 5. The molecule has 0 aliphatic carbocycles. The van der Waals surface area contributed by atoms with E-state index < -0.39 is 66.2 Å². The first-order valence-corrected chi connectivity index (χ1v) is 9.43. The van der Waals surface area contributed by atoms with Crippen molar-refractivity contribution >= 4 is 29.7 Å². The monoisotopic (exact) mass is 416 g/mol. The van der Waals surface area contributed by atoms with Gasteiger partial charge in [-0.25, -0.2) is 4.79 Å². The summed E-state index contributed by atoms with van der Waals surface area (Å²) in [4.78, 5) is 59.4. The number of rotatable bonds is 12. The highest BCUT2D eigenvalue weighted by Gasteiger charge is 2.33. The maximum atomic E-state index is 12.6. The van der Waals surface area contributed by atoms with E-state index in [1.54, 1.807) is 27.7 Å². The first kappa shape index (κ1) is 26.3. The molecule has 0 rings (SSSR count). The summed E-state index contributed by atoms with van der Waals surface area (Å²) < 4.78 is 0. The van der Waals surface area contributed by atoms with E-state index in [4.69, 9.17) is 10.8 Å². The first-order valence-electron chi connectivity index (χ1n) is 9.43. The van der Waals surface area contributed by atoms with Crippen LogP contribution in [0.5, 0.6) is 0 Å². The second-order valence-corrected chi connectivity index (χ2v) is 7.39. The minimum absolute atomic E-state index is 0.343. The molecule has 166 valence electrons. The molecule has 0 saturated heterocycles. The van der Waals surface area contributed by atoms with Crippen LogP contribution in [-0.2, 0) is 24.0 Å². The van der Waals surface area contributed by atoms with E-state index in [-0.39, 0.29) is 5.92 Å². The Morgan fingerprint density at radius 3 is 1.72 bits per heavy atom. The van der Waals surface area contributed by atoms with Gasteiger partial charge in [0.05, 0.1) is 12.5 Å². The molecule has 0 bridgehead atoms. The quantitative estimate of drug-likeness (QED) is 0.235. The highest BCUT2D eigenvalue weighted by Crippen LogP contribution is 2.10. The minimum Gasteiger partial charge on any atom is -0.481 e. The van der Waals surface area contributed by atoms with Gasteiger partial charge in [-0.05, 0) is 18.8 Å². The molecular weight excluding hydrogens is 384 g/mol. The molecule has 0 saturated carbocycles. The van der Waals surface area contributed by atoms with Gasteiger partial charge in [-0.2, -0.15) is 0 Å². The summed E-state index contributed by atoms with van der Waals surface area (Å²) in [6, 6.07) is -4.67. The normalized spacial score (nSPS) is 16.1. The minimum atomic E-state index is -1.44. The van der Waals surface area contributed by atoms with Crippen LogP contribution in [0.15, 0.2) is 0 Å². The fourth-order valence-electron chi connectivity index (χ4n) is 2.40. The Bertz CT molecular complexity index is 621. The lowest BCUT2D eigenvalue weighted by molar-refractivity contribution is -0.144. The van der Waals surface area contributed by atoms with Gasteiger partial charge >= 0.3 is 11.9 Å². The molecular formula is C18H32N4O7. The van der Waals surface area contributed by atoms with Crippen molar-refractivity contribution in [3.63, 3.8) is 0 Å². The van der Waals surface area contributed by atoms with Crippen molar-refractivity contribution in [2.45, 2.75) is 71.6 Å². The van der Waals surface area contributed by atoms with E-state index in [0.29, 0.717) is 6.42 Å². The van der Waals surface area contributed by atoms with Crippen LogP contribution < -0.4 is 21.7 Å². The van der Waals surface area contributed by atoms with E-state index in [0.717, 1.165) is 0 Å². The van der Waals surface area contributed by atoms with Gasteiger partial charge in [0, 0.05) is 0 Å². The number of nitrogens with one attached hydrogen (secondary N) is 3. The Morgan fingerprint density at radius 2 is 1.34 bits per heavy atom. The van der Waals surface area contributed by atoms with Crippen LogP contribution in [0.1, 0.15) is 47.5 Å². The van der Waals surface area contributed by atoms with E-state index in [1.807, 2.05) is 0 Å². The number of carboxylic acid groups (broad SMARTS) is 2. The van der Waals surface area contributed by atoms with Crippen LogP contribution in [0, 0.1) is 11.8 Å². The van der Waals surface area contributed by atoms with Crippen molar-refractivity contribution in [1.29, 1.82) is 0 Å². The second-order valence-electron chi connectivity index (χ2n) is 7.39. The SMILES string of the molecule is CCC(C)C(NC(=O)C(NC(=O)C(CC(=O)O)NC(=O)C(C)N)C(C)C)C(=O)O. The van der Waals surface area contributed by atoms with Crippen LogP contribution in [0.4, 0.5) is 0 Å². The summed E-state index contributed by atoms with van der Waals surface area (Å²) in [5, 5.41) is 25.4. The van der Waals surface area contributed by atoms with Crippen molar-refractivity contribution < 1.29 is 34.2 Å². The Kier molecular flexibility index (Phi) is 10.9. The summed E-state index contributed by atoms with van der Waals surface area (Å²) in [6.45, 7) is 8.10. The lowest BCUT2D eigenvalue weighted by atomic mass is 9.97. The van der Waals surface area contributed by atoms with Crippen LogP contribution in [-0.4, -0.2) is 64.0 Å². The van der Waals surface area contributed by atoms with Gasteiger partial charge in [0.2, 0.25) is 17.7 Å². The van der Waals surface area contributed by atoms with Crippen LogP contribution in [0.2, 0.25) is 0 Å². The van der Waals surface area contributed by atoms with Crippen molar-refractivity contribution in [1.82, 2.24) is 16.0 Å². The summed E-state index contributed by atoms with van der Waals surface area (Å²) in [6.07, 6.45) is -0.193. The molecule has 11 heteroatoms. The third kappa shape index (κ3) is 8.90. The highest BCUT2D eigenvalue weighted by atomic mass is 16.4. The van der Waals surface area contributed by atoms with Crippen LogP contribution in [0.3, 0.4) is 0 Å². The van der Waals surface area contributed by atoms with Crippen LogP contribution >= 0.6 is 0 Å². The number of hydrogen-bond donors (Lipinski definition) is 6. The number of aliphatic carboxylic acids is 2. The van der Waals surface area contributed by atoms with E-state index in [1.165, 1.54) is 6.92 Å². The molecule has 0 aromatic carbocycles. The molecule has 0 aliphatic rings. The zero-order valence-corrected chi connectivity index (χ0v) is 17.4. The summed E-state index contributed by atoms with van der Waals surface area (Å²) in [5.41, 5.74) is 5.43. The average Bonchev–Trinajstić information content (AvgIpc) is 2.61. The van der Waals surface area contributed by atoms with Crippen molar-refractivity contribution in [2.75, 3.05) is 0 Å². The van der Waals surface area contributed by atoms with Crippen molar-refractivity contribution in [3.05, 3.63) is 0 Å². The van der Waals surface area contributed by atoms with Gasteiger partial charge in [0.25, 0.3) is 0 Å².